The first-order chi connectivity index (χ1) is 40.1. The van der Waals surface area contributed by atoms with Crippen LogP contribution in [0.5, 0.6) is 0 Å². The van der Waals surface area contributed by atoms with Crippen LogP contribution >= 0.6 is 0 Å². The largest absolute Gasteiger partial charge is 0.477 e. The van der Waals surface area contributed by atoms with E-state index >= 15 is 0 Å². The van der Waals surface area contributed by atoms with Gasteiger partial charge in [-0.15, -0.1) is 0 Å². The normalized spacial score (nSPS) is 46.0. The quantitative estimate of drug-likeness (QED) is 0.0324. The van der Waals surface area contributed by atoms with Crippen LogP contribution < -0.4 is 17.2 Å². The molecular weight excluding hydrogens is 1160 g/mol. The van der Waals surface area contributed by atoms with Gasteiger partial charge in [-0.1, -0.05) is 33.1 Å². The second-order valence-electron chi connectivity index (χ2n) is 22.2. The molecule has 6 aliphatic rings. The van der Waals surface area contributed by atoms with Crippen LogP contribution in [0.15, 0.2) is 0 Å². The van der Waals surface area contributed by atoms with Gasteiger partial charge in [0.2, 0.25) is 0 Å². The molecule has 6 fully saturated rings. The third kappa shape index (κ3) is 15.7. The van der Waals surface area contributed by atoms with Crippen LogP contribution in [0.3, 0.4) is 0 Å². The number of carbonyl (C=O) groups is 2. The molecule has 85 heavy (non-hydrogen) atoms. The highest BCUT2D eigenvalue weighted by Crippen LogP contribution is 2.42. The van der Waals surface area contributed by atoms with Crippen molar-refractivity contribution in [3.63, 3.8) is 0 Å². The summed E-state index contributed by atoms with van der Waals surface area (Å²) in [4.78, 5) is 26.6. The number of aliphatic hydroxyl groups is 17. The first-order valence-corrected chi connectivity index (χ1v) is 27.9. The monoisotopic (exact) mass is 1250 g/mol. The van der Waals surface area contributed by atoms with Gasteiger partial charge in [-0.05, 0) is 6.42 Å². The Morgan fingerprint density at radius 2 is 1.00 bits per heavy atom. The standard InChI is InChI=1S/C49H87N3O33/c1-3-4-5-6-7-74-44-34(68)40(31(65)22(13-56)77-44)82-42-16(2)36(32(66)24(79-42)15-75-48(46(70)71)8-17(58)25(50)38(83-48)28(62)19(60)10-53)80-45-35(69)41(37(23(14-57)78-45)81-43-27(52)33(67)30(64)21(12-55)76-43)85-49(47(72)73)9-18(59)26(51)39(84-49)29(63)20(61)11-54/h16-45,53-69H,3-15,50-52H2,1-2H3,(H,70,71)(H,72,73)/t16-,17+,18-,19+,20+,21?,22?,23?,24?,25+,26-,27-,28+,29+,30-,31-,32+,33+,34-,35-,36?,37-,38?,39?,40-,41?,42-,43?,44?,45-,48+,49+/m0/s1. The fourth-order valence-electron chi connectivity index (χ4n) is 11.0. The highest BCUT2D eigenvalue weighted by molar-refractivity contribution is 5.76. The summed E-state index contributed by atoms with van der Waals surface area (Å²) in [5.41, 5.74) is 18.3. The zero-order chi connectivity index (χ0) is 63.2. The number of hydrogen-bond donors (Lipinski definition) is 22. The molecule has 0 radical (unpaired) electrons. The Morgan fingerprint density at radius 3 is 1.54 bits per heavy atom. The van der Waals surface area contributed by atoms with Gasteiger partial charge in [-0.2, -0.15) is 0 Å². The number of ether oxygens (including phenoxy) is 12. The van der Waals surface area contributed by atoms with Crippen LogP contribution in [0.25, 0.3) is 0 Å². The Bertz CT molecular complexity index is 2070. The van der Waals surface area contributed by atoms with Crippen molar-refractivity contribution in [2.45, 2.75) is 242 Å². The predicted octanol–water partition coefficient (Wildman–Crippen LogP) is -11.9. The molecule has 0 aromatic heterocycles. The zero-order valence-corrected chi connectivity index (χ0v) is 46.5. The summed E-state index contributed by atoms with van der Waals surface area (Å²) in [5.74, 6) is -11.8. The minimum Gasteiger partial charge on any atom is -0.477 e. The van der Waals surface area contributed by atoms with Crippen LogP contribution in [0, 0.1) is 5.92 Å². The van der Waals surface area contributed by atoms with Crippen molar-refractivity contribution >= 4 is 11.9 Å². The lowest BCUT2D eigenvalue weighted by molar-refractivity contribution is -0.403. The lowest BCUT2D eigenvalue weighted by atomic mass is 9.88. The van der Waals surface area contributed by atoms with Crippen molar-refractivity contribution in [2.24, 2.45) is 23.1 Å². The Balaban J connectivity index is 1.41. The highest BCUT2D eigenvalue weighted by atomic mass is 16.8. The summed E-state index contributed by atoms with van der Waals surface area (Å²) in [6.07, 6.45) is -50.5. The molecule has 0 aliphatic carbocycles. The lowest BCUT2D eigenvalue weighted by Crippen LogP contribution is -2.71. The van der Waals surface area contributed by atoms with E-state index in [2.05, 4.69) is 0 Å². The maximum Gasteiger partial charge on any atom is 0.364 e. The molecule has 6 saturated heterocycles. The Kier molecular flexibility index (Phi) is 26.3. The molecule has 32 atom stereocenters. The Labute approximate surface area is 485 Å². The molecule has 0 aromatic carbocycles. The number of hydrogen-bond acceptors (Lipinski definition) is 34. The molecule has 0 spiro atoms. The van der Waals surface area contributed by atoms with E-state index in [9.17, 15) is 107 Å². The van der Waals surface area contributed by atoms with E-state index in [1.165, 1.54) is 6.92 Å². The maximum atomic E-state index is 13.5. The summed E-state index contributed by atoms with van der Waals surface area (Å²) in [7, 11) is 0. The number of carboxylic acid groups (broad SMARTS) is 2. The van der Waals surface area contributed by atoms with E-state index in [1.807, 2.05) is 6.92 Å². The van der Waals surface area contributed by atoms with Crippen LogP contribution in [0.4, 0.5) is 0 Å². The lowest BCUT2D eigenvalue weighted by Gasteiger charge is -2.52. The summed E-state index contributed by atoms with van der Waals surface area (Å²) in [5, 5.41) is 206. The van der Waals surface area contributed by atoms with E-state index in [4.69, 9.17) is 74.0 Å². The third-order valence-electron chi connectivity index (χ3n) is 16.2. The van der Waals surface area contributed by atoms with Crippen molar-refractivity contribution in [1.29, 1.82) is 0 Å². The molecule has 36 nitrogen and oxygen atoms in total. The molecule has 0 saturated carbocycles. The third-order valence-corrected chi connectivity index (χ3v) is 16.2. The second-order valence-corrected chi connectivity index (χ2v) is 22.2. The molecule has 0 bridgehead atoms. The number of rotatable bonds is 28. The minimum atomic E-state index is -3.27. The van der Waals surface area contributed by atoms with Gasteiger partial charge < -0.3 is 171 Å². The molecule has 6 heterocycles. The van der Waals surface area contributed by atoms with Crippen LogP contribution in [-0.2, 0) is 66.4 Å². The number of nitrogens with two attached hydrogens (primary N) is 3. The Morgan fingerprint density at radius 1 is 0.529 bits per heavy atom. The van der Waals surface area contributed by atoms with Crippen LogP contribution in [0.2, 0.25) is 0 Å². The average molecular weight is 1250 g/mol. The topological polar surface area (TPSA) is 607 Å². The summed E-state index contributed by atoms with van der Waals surface area (Å²) < 4.78 is 71.1. The van der Waals surface area contributed by atoms with Gasteiger partial charge in [0.05, 0.1) is 76.1 Å². The van der Waals surface area contributed by atoms with Gasteiger partial charge in [0.1, 0.15) is 116 Å². The fraction of sp³-hybridized carbons (Fsp3) is 0.959. The average Bonchev–Trinajstić information content (AvgIpc) is 1.40. The first-order valence-electron chi connectivity index (χ1n) is 27.9. The number of aliphatic carboxylic acids is 2. The van der Waals surface area contributed by atoms with Gasteiger partial charge in [-0.3, -0.25) is 0 Å². The molecule has 6 aliphatic heterocycles. The van der Waals surface area contributed by atoms with Crippen molar-refractivity contribution in [3.8, 4) is 0 Å². The minimum absolute atomic E-state index is 0.0392. The molecule has 6 rings (SSSR count). The first kappa shape index (κ1) is 71.7. The SMILES string of the molecule is CCCCCCOC1OC(CO)[C@H](O)[C@H](O[C@@H]2OC(CO[C@]3(C(=O)O)C[C@@H](O)[C@@H](N)C([C@H](O)[C@H](O)CO)O3)[C@@H](O)C(O[C@@H]3OC(CO)[C@H](OC4OC(CO)[C@H](O)[C@H](O)[C@@H]4N)C(O[C@@]4(C(=O)O)C[C@H](O)[C@H](N)C([C@H](O)[C@H](O)CO)O4)[C@@H]3O)[C@@H]2C)[C@@H]1O. The van der Waals surface area contributed by atoms with Crippen molar-refractivity contribution in [1.82, 2.24) is 0 Å². The molecule has 496 valence electrons. The predicted molar refractivity (Wildman–Crippen MR) is 270 cm³/mol. The van der Waals surface area contributed by atoms with Gasteiger partial charge in [-0.25, -0.2) is 9.59 Å². The second kappa shape index (κ2) is 31.1. The number of unbranched alkanes of at least 4 members (excludes halogenated alkanes) is 3. The smallest absolute Gasteiger partial charge is 0.364 e. The molecule has 0 amide bonds. The van der Waals surface area contributed by atoms with Crippen molar-refractivity contribution in [3.05, 3.63) is 0 Å². The van der Waals surface area contributed by atoms with E-state index in [-0.39, 0.29) is 6.61 Å². The molecule has 0 aromatic rings. The maximum absolute atomic E-state index is 13.5. The Hall–Kier alpha value is -2.34. The van der Waals surface area contributed by atoms with Crippen molar-refractivity contribution in [2.75, 3.05) is 46.2 Å². The van der Waals surface area contributed by atoms with E-state index in [1.54, 1.807) is 0 Å². The zero-order valence-electron chi connectivity index (χ0n) is 46.5. The van der Waals surface area contributed by atoms with E-state index in [0.29, 0.717) is 6.42 Å². The fourth-order valence-corrected chi connectivity index (χ4v) is 11.0. The van der Waals surface area contributed by atoms with Gasteiger partial charge >= 0.3 is 11.9 Å². The van der Waals surface area contributed by atoms with Gasteiger partial charge in [0.15, 0.2) is 25.2 Å². The molecule has 10 unspecified atom stereocenters. The van der Waals surface area contributed by atoms with E-state index < -0.39 is 259 Å². The molecule has 36 heteroatoms. The summed E-state index contributed by atoms with van der Waals surface area (Å²) in [6.45, 7) is -3.06. The molecular formula is C49H87N3O33. The van der Waals surface area contributed by atoms with E-state index in [0.717, 1.165) is 19.3 Å². The number of aliphatic hydroxyl groups excluding tert-OH is 17. The summed E-state index contributed by atoms with van der Waals surface area (Å²) in [6, 6.07) is -5.02. The van der Waals surface area contributed by atoms with Crippen molar-refractivity contribution < 1.29 is 163 Å². The highest BCUT2D eigenvalue weighted by Gasteiger charge is 2.62. The molecule has 25 N–H and O–H groups in total. The number of carboxylic acids is 2. The van der Waals surface area contributed by atoms with Gasteiger partial charge in [0.25, 0.3) is 11.6 Å². The van der Waals surface area contributed by atoms with Crippen LogP contribution in [0.1, 0.15) is 52.4 Å². The summed E-state index contributed by atoms with van der Waals surface area (Å²) >= 11 is 0. The van der Waals surface area contributed by atoms with Gasteiger partial charge in [0, 0.05) is 25.4 Å². The van der Waals surface area contributed by atoms with Crippen LogP contribution in [-0.4, -0.2) is 344 Å².